The van der Waals surface area contributed by atoms with Gasteiger partial charge >= 0.3 is 0 Å². The first kappa shape index (κ1) is 14.8. The SMILES string of the molecule is CNCc1c(Cl)cccc1Sc1nnnn1C1CCCC1. The molecule has 0 saturated heterocycles. The molecule has 0 spiro atoms. The molecule has 1 heterocycles. The van der Waals surface area contributed by atoms with Gasteiger partial charge in [-0.3, -0.25) is 0 Å². The summed E-state index contributed by atoms with van der Waals surface area (Å²) in [4.78, 5) is 1.10. The van der Waals surface area contributed by atoms with E-state index in [0.29, 0.717) is 6.04 Å². The van der Waals surface area contributed by atoms with Gasteiger partial charge < -0.3 is 5.32 Å². The van der Waals surface area contributed by atoms with Gasteiger partial charge in [0.2, 0.25) is 5.16 Å². The first-order valence-electron chi connectivity index (χ1n) is 7.17. The minimum absolute atomic E-state index is 0.439. The molecular formula is C14H18ClN5S. The molecule has 0 unspecified atom stereocenters. The summed E-state index contributed by atoms with van der Waals surface area (Å²) in [6.07, 6.45) is 4.85. The Labute approximate surface area is 133 Å². The maximum absolute atomic E-state index is 6.30. The number of rotatable bonds is 5. The van der Waals surface area contributed by atoms with Crippen LogP contribution in [0.15, 0.2) is 28.3 Å². The number of tetrazole rings is 1. The van der Waals surface area contributed by atoms with Crippen LogP contribution in [0.4, 0.5) is 0 Å². The molecule has 0 aliphatic heterocycles. The number of aromatic nitrogens is 4. The largest absolute Gasteiger partial charge is 0.316 e. The molecule has 0 atom stereocenters. The van der Waals surface area contributed by atoms with Gasteiger partial charge in [0.25, 0.3) is 0 Å². The lowest BCUT2D eigenvalue weighted by Gasteiger charge is -2.13. The summed E-state index contributed by atoms with van der Waals surface area (Å²) in [7, 11) is 1.92. The fourth-order valence-corrected chi connectivity index (χ4v) is 4.01. The summed E-state index contributed by atoms with van der Waals surface area (Å²) in [6, 6.07) is 6.39. The molecule has 1 aliphatic rings. The van der Waals surface area contributed by atoms with Crippen molar-refractivity contribution in [3.05, 3.63) is 28.8 Å². The van der Waals surface area contributed by atoms with E-state index < -0.39 is 0 Å². The predicted molar refractivity (Wildman–Crippen MR) is 83.7 cm³/mol. The average Bonchev–Trinajstić information content (AvgIpc) is 3.13. The standard InChI is InChI=1S/C14H18ClN5S/c1-16-9-11-12(15)7-4-8-13(11)21-14-17-18-19-20(14)10-5-2-3-6-10/h4,7-8,10,16H,2-3,5-6,9H2,1H3. The third-order valence-corrected chi connectivity index (χ3v) is 5.17. The van der Waals surface area contributed by atoms with Gasteiger partial charge in [0.15, 0.2) is 0 Å². The molecule has 0 bridgehead atoms. The molecule has 1 aliphatic carbocycles. The molecule has 1 aromatic heterocycles. The molecule has 3 rings (SSSR count). The van der Waals surface area contributed by atoms with E-state index in [2.05, 4.69) is 26.9 Å². The van der Waals surface area contributed by atoms with Gasteiger partial charge in [-0.05, 0) is 59.8 Å². The highest BCUT2D eigenvalue weighted by Gasteiger charge is 2.22. The van der Waals surface area contributed by atoms with Crippen molar-refractivity contribution < 1.29 is 0 Å². The third kappa shape index (κ3) is 3.22. The molecule has 0 amide bonds. The fourth-order valence-electron chi connectivity index (χ4n) is 2.71. The molecule has 2 aromatic rings. The monoisotopic (exact) mass is 323 g/mol. The number of halogens is 1. The van der Waals surface area contributed by atoms with Crippen LogP contribution in [-0.4, -0.2) is 27.3 Å². The highest BCUT2D eigenvalue weighted by molar-refractivity contribution is 7.99. The van der Waals surface area contributed by atoms with Crippen LogP contribution < -0.4 is 5.32 Å². The fraction of sp³-hybridized carbons (Fsp3) is 0.500. The van der Waals surface area contributed by atoms with Crippen LogP contribution in [0.3, 0.4) is 0 Å². The Morgan fingerprint density at radius 3 is 2.95 bits per heavy atom. The molecule has 5 nitrogen and oxygen atoms in total. The maximum atomic E-state index is 6.30. The van der Waals surface area contributed by atoms with E-state index in [1.165, 1.54) is 12.8 Å². The highest BCUT2D eigenvalue weighted by Crippen LogP contribution is 2.36. The van der Waals surface area contributed by atoms with Crippen molar-refractivity contribution in [2.45, 2.75) is 48.3 Å². The van der Waals surface area contributed by atoms with Crippen LogP contribution in [0.1, 0.15) is 37.3 Å². The van der Waals surface area contributed by atoms with E-state index in [9.17, 15) is 0 Å². The Morgan fingerprint density at radius 2 is 2.19 bits per heavy atom. The molecule has 1 N–H and O–H groups in total. The van der Waals surface area contributed by atoms with Gasteiger partial charge in [-0.2, -0.15) is 0 Å². The lowest BCUT2D eigenvalue weighted by Crippen LogP contribution is -2.09. The van der Waals surface area contributed by atoms with Crippen molar-refractivity contribution >= 4 is 23.4 Å². The Morgan fingerprint density at radius 1 is 1.38 bits per heavy atom. The Kier molecular flexibility index (Phi) is 4.77. The first-order chi connectivity index (χ1) is 10.3. The lowest BCUT2D eigenvalue weighted by molar-refractivity contribution is 0.423. The van der Waals surface area contributed by atoms with Gasteiger partial charge in [-0.15, -0.1) is 5.10 Å². The lowest BCUT2D eigenvalue weighted by atomic mass is 10.2. The highest BCUT2D eigenvalue weighted by atomic mass is 35.5. The van der Waals surface area contributed by atoms with Crippen LogP contribution in [0.25, 0.3) is 0 Å². The molecule has 21 heavy (non-hydrogen) atoms. The summed E-state index contributed by atoms with van der Waals surface area (Å²) < 4.78 is 1.97. The number of hydrogen-bond donors (Lipinski definition) is 1. The van der Waals surface area contributed by atoms with Crippen molar-refractivity contribution in [3.63, 3.8) is 0 Å². The number of benzene rings is 1. The van der Waals surface area contributed by atoms with Gasteiger partial charge in [-0.25, -0.2) is 4.68 Å². The normalized spacial score (nSPS) is 15.7. The predicted octanol–water partition coefficient (Wildman–Crippen LogP) is 3.31. The maximum Gasteiger partial charge on any atom is 0.214 e. The van der Waals surface area contributed by atoms with Gasteiger partial charge in [0, 0.05) is 16.5 Å². The number of nitrogens with zero attached hydrogens (tertiary/aromatic N) is 4. The van der Waals surface area contributed by atoms with Crippen molar-refractivity contribution in [2.75, 3.05) is 7.05 Å². The molecule has 1 saturated carbocycles. The topological polar surface area (TPSA) is 55.6 Å². The van der Waals surface area contributed by atoms with E-state index in [0.717, 1.165) is 40.0 Å². The van der Waals surface area contributed by atoms with Crippen molar-refractivity contribution in [1.29, 1.82) is 0 Å². The van der Waals surface area contributed by atoms with Crippen LogP contribution in [0.5, 0.6) is 0 Å². The van der Waals surface area contributed by atoms with Crippen molar-refractivity contribution in [1.82, 2.24) is 25.5 Å². The zero-order valence-corrected chi connectivity index (χ0v) is 13.5. The summed E-state index contributed by atoms with van der Waals surface area (Å²) >= 11 is 7.89. The van der Waals surface area contributed by atoms with Crippen LogP contribution in [0, 0.1) is 0 Å². The summed E-state index contributed by atoms with van der Waals surface area (Å²) in [5.41, 5.74) is 1.09. The first-order valence-corrected chi connectivity index (χ1v) is 8.36. The quantitative estimate of drug-likeness (QED) is 0.914. The van der Waals surface area contributed by atoms with E-state index in [1.807, 2.05) is 23.9 Å². The third-order valence-electron chi connectivity index (χ3n) is 3.76. The zero-order chi connectivity index (χ0) is 14.7. The zero-order valence-electron chi connectivity index (χ0n) is 11.9. The van der Waals surface area contributed by atoms with E-state index in [-0.39, 0.29) is 0 Å². The number of nitrogens with one attached hydrogen (secondary N) is 1. The molecule has 0 radical (unpaired) electrons. The van der Waals surface area contributed by atoms with E-state index in [4.69, 9.17) is 11.6 Å². The van der Waals surface area contributed by atoms with E-state index in [1.54, 1.807) is 11.8 Å². The molecular weight excluding hydrogens is 306 g/mol. The minimum Gasteiger partial charge on any atom is -0.316 e. The van der Waals surface area contributed by atoms with Gasteiger partial charge in [0.1, 0.15) is 0 Å². The molecule has 1 fully saturated rings. The number of hydrogen-bond acceptors (Lipinski definition) is 5. The Bertz CT molecular complexity index is 609. The molecule has 112 valence electrons. The van der Waals surface area contributed by atoms with Gasteiger partial charge in [0.05, 0.1) is 6.04 Å². The Hall–Kier alpha value is -1.11. The average molecular weight is 324 g/mol. The summed E-state index contributed by atoms with van der Waals surface area (Å²) in [5, 5.41) is 17.0. The molecule has 1 aromatic carbocycles. The second-order valence-electron chi connectivity index (χ2n) is 5.19. The second kappa shape index (κ2) is 6.77. The summed E-state index contributed by atoms with van der Waals surface area (Å²) in [6.45, 7) is 0.729. The van der Waals surface area contributed by atoms with Gasteiger partial charge in [-0.1, -0.05) is 30.5 Å². The molecule has 7 heteroatoms. The summed E-state index contributed by atoms with van der Waals surface area (Å²) in [5.74, 6) is 0. The Balaban J connectivity index is 1.87. The minimum atomic E-state index is 0.439. The van der Waals surface area contributed by atoms with Crippen molar-refractivity contribution in [2.24, 2.45) is 0 Å². The van der Waals surface area contributed by atoms with E-state index >= 15 is 0 Å². The van der Waals surface area contributed by atoms with Crippen LogP contribution in [0.2, 0.25) is 5.02 Å². The second-order valence-corrected chi connectivity index (χ2v) is 6.61. The van der Waals surface area contributed by atoms with Crippen LogP contribution >= 0.6 is 23.4 Å². The van der Waals surface area contributed by atoms with Crippen molar-refractivity contribution in [3.8, 4) is 0 Å². The smallest absolute Gasteiger partial charge is 0.214 e. The van der Waals surface area contributed by atoms with Crippen LogP contribution in [-0.2, 0) is 6.54 Å².